The average molecular weight is 388 g/mol. The Balaban J connectivity index is 1.99. The van der Waals surface area contributed by atoms with Crippen LogP contribution in [0.5, 0.6) is 0 Å². The van der Waals surface area contributed by atoms with Gasteiger partial charge in [0, 0.05) is 32.4 Å². The van der Waals surface area contributed by atoms with Crippen LogP contribution in [0.2, 0.25) is 5.02 Å². The van der Waals surface area contributed by atoms with Gasteiger partial charge in [-0.25, -0.2) is 4.79 Å². The molecule has 0 aliphatic rings. The number of esters is 1. The molecule has 1 aromatic carbocycles. The van der Waals surface area contributed by atoms with Gasteiger partial charge in [-0.05, 0) is 12.1 Å². The molecule has 0 radical (unpaired) electrons. The number of halogens is 1. The number of aryl methyl sites for hydroxylation is 1. The van der Waals surface area contributed by atoms with Gasteiger partial charge in [0.2, 0.25) is 0 Å². The number of para-hydroxylation sites is 1. The third-order valence-electron chi connectivity index (χ3n) is 4.03. The van der Waals surface area contributed by atoms with Gasteiger partial charge < -0.3 is 9.64 Å². The number of rotatable bonds is 5. The maximum absolute atomic E-state index is 12.8. The van der Waals surface area contributed by atoms with Crippen LogP contribution in [0.1, 0.15) is 15.9 Å². The molecule has 0 aliphatic heterocycles. The number of hydrogen-bond acceptors (Lipinski definition) is 6. The monoisotopic (exact) mass is 387 g/mol. The maximum atomic E-state index is 12.8. The van der Waals surface area contributed by atoms with Gasteiger partial charge in [-0.3, -0.25) is 9.48 Å². The first-order valence-electron chi connectivity index (χ1n) is 8.06. The van der Waals surface area contributed by atoms with Crippen LogP contribution in [-0.4, -0.2) is 39.7 Å². The van der Waals surface area contributed by atoms with E-state index < -0.39 is 11.5 Å². The van der Waals surface area contributed by atoms with Crippen molar-refractivity contribution < 1.29 is 9.53 Å². The first-order valence-corrected chi connectivity index (χ1v) is 8.44. The fourth-order valence-corrected chi connectivity index (χ4v) is 2.99. The highest BCUT2D eigenvalue weighted by molar-refractivity contribution is 6.33. The lowest BCUT2D eigenvalue weighted by molar-refractivity contribution is 0.0600. The summed E-state index contributed by atoms with van der Waals surface area (Å²) in [6.07, 6.45) is 5.12. The summed E-state index contributed by atoms with van der Waals surface area (Å²) in [4.78, 5) is 26.6. The van der Waals surface area contributed by atoms with Gasteiger partial charge in [0.15, 0.2) is 0 Å². The lowest BCUT2D eigenvalue weighted by Crippen LogP contribution is -2.27. The Morgan fingerprint density at radius 3 is 2.67 bits per heavy atom. The van der Waals surface area contributed by atoms with E-state index in [0.29, 0.717) is 17.9 Å². The largest absolute Gasteiger partial charge is 0.465 e. The fourth-order valence-electron chi connectivity index (χ4n) is 2.72. The number of carbonyl (C=O) groups excluding carboxylic acids is 1. The van der Waals surface area contributed by atoms with Crippen molar-refractivity contribution in [2.45, 2.75) is 6.54 Å². The summed E-state index contributed by atoms with van der Waals surface area (Å²) in [6.45, 7) is 0.511. The number of nitrogens with zero attached hydrogens (tertiary/aromatic N) is 5. The molecule has 0 bridgehead atoms. The minimum absolute atomic E-state index is 0.0102. The standard InChI is InChI=1S/C18H18ClN5O3/c1-22(10-12-8-20-23(2)11-12)15-9-21-24(17(25)16(15)19)14-7-5-4-6-13(14)18(26)27-3/h4-9,11H,10H2,1-3H3. The summed E-state index contributed by atoms with van der Waals surface area (Å²) in [5.74, 6) is -0.562. The van der Waals surface area contributed by atoms with Crippen LogP contribution in [0, 0.1) is 0 Å². The number of benzene rings is 1. The van der Waals surface area contributed by atoms with Crippen molar-refractivity contribution in [2.24, 2.45) is 7.05 Å². The molecule has 0 amide bonds. The van der Waals surface area contributed by atoms with Gasteiger partial charge in [0.05, 0.1) is 36.4 Å². The molecule has 3 rings (SSSR count). The molecule has 27 heavy (non-hydrogen) atoms. The molecular weight excluding hydrogens is 370 g/mol. The molecular formula is C18H18ClN5O3. The Bertz CT molecular complexity index is 1040. The quantitative estimate of drug-likeness (QED) is 0.623. The van der Waals surface area contributed by atoms with E-state index in [-0.39, 0.29) is 10.6 Å². The molecule has 0 atom stereocenters. The molecule has 2 heterocycles. The highest BCUT2D eigenvalue weighted by Crippen LogP contribution is 2.23. The second kappa shape index (κ2) is 7.63. The third kappa shape index (κ3) is 3.70. The van der Waals surface area contributed by atoms with Crippen LogP contribution >= 0.6 is 11.6 Å². The van der Waals surface area contributed by atoms with Gasteiger partial charge >= 0.3 is 5.97 Å². The van der Waals surface area contributed by atoms with Crippen LogP contribution in [-0.2, 0) is 18.3 Å². The normalized spacial score (nSPS) is 10.7. The molecule has 0 N–H and O–H groups in total. The lowest BCUT2D eigenvalue weighted by Gasteiger charge is -2.20. The summed E-state index contributed by atoms with van der Waals surface area (Å²) >= 11 is 6.33. The second-order valence-corrected chi connectivity index (χ2v) is 6.33. The van der Waals surface area contributed by atoms with Crippen molar-refractivity contribution in [3.05, 3.63) is 69.4 Å². The number of anilines is 1. The van der Waals surface area contributed by atoms with E-state index in [4.69, 9.17) is 16.3 Å². The predicted molar refractivity (Wildman–Crippen MR) is 101 cm³/mol. The zero-order chi connectivity index (χ0) is 19.6. The third-order valence-corrected chi connectivity index (χ3v) is 4.38. The molecule has 0 fully saturated rings. The summed E-state index contributed by atoms with van der Waals surface area (Å²) in [7, 11) is 4.92. The van der Waals surface area contributed by atoms with Gasteiger partial charge in [0.25, 0.3) is 5.56 Å². The van der Waals surface area contributed by atoms with Crippen molar-refractivity contribution >= 4 is 23.3 Å². The molecule has 0 saturated heterocycles. The smallest absolute Gasteiger partial charge is 0.340 e. The van der Waals surface area contributed by atoms with E-state index >= 15 is 0 Å². The highest BCUT2D eigenvalue weighted by Gasteiger charge is 2.18. The van der Waals surface area contributed by atoms with Crippen LogP contribution in [0.4, 0.5) is 5.69 Å². The van der Waals surface area contributed by atoms with Crippen LogP contribution < -0.4 is 10.5 Å². The summed E-state index contributed by atoms with van der Waals surface area (Å²) in [5.41, 5.74) is 1.46. The Kier molecular flexibility index (Phi) is 5.27. The molecule has 0 spiro atoms. The van der Waals surface area contributed by atoms with E-state index in [9.17, 15) is 9.59 Å². The molecule has 140 valence electrons. The Morgan fingerprint density at radius 1 is 1.26 bits per heavy atom. The van der Waals surface area contributed by atoms with E-state index in [1.165, 1.54) is 13.3 Å². The van der Waals surface area contributed by atoms with Gasteiger partial charge in [-0.15, -0.1) is 0 Å². The van der Waals surface area contributed by atoms with Crippen molar-refractivity contribution in [3.8, 4) is 5.69 Å². The number of hydrogen-bond donors (Lipinski definition) is 0. The molecule has 2 aromatic heterocycles. The SMILES string of the molecule is COC(=O)c1ccccc1-n1ncc(N(C)Cc2cnn(C)c2)c(Cl)c1=O. The minimum atomic E-state index is -0.562. The summed E-state index contributed by atoms with van der Waals surface area (Å²) in [5, 5.41) is 8.34. The lowest BCUT2D eigenvalue weighted by atomic mass is 10.2. The molecule has 3 aromatic rings. The van der Waals surface area contributed by atoms with E-state index in [2.05, 4.69) is 10.2 Å². The first kappa shape index (κ1) is 18.7. The molecule has 0 aliphatic carbocycles. The summed E-state index contributed by atoms with van der Waals surface area (Å²) in [6, 6.07) is 6.55. The van der Waals surface area contributed by atoms with Crippen molar-refractivity contribution in [2.75, 3.05) is 19.1 Å². The van der Waals surface area contributed by atoms with Gasteiger partial charge in [0.1, 0.15) is 5.02 Å². The Hall–Kier alpha value is -3.13. The van der Waals surface area contributed by atoms with Crippen molar-refractivity contribution in [1.82, 2.24) is 19.6 Å². The fraction of sp³-hybridized carbons (Fsp3) is 0.222. The molecule has 0 saturated carbocycles. The zero-order valence-electron chi connectivity index (χ0n) is 15.1. The van der Waals surface area contributed by atoms with Crippen LogP contribution in [0.3, 0.4) is 0 Å². The highest BCUT2D eigenvalue weighted by atomic mass is 35.5. The van der Waals surface area contributed by atoms with Gasteiger partial charge in [-0.1, -0.05) is 23.7 Å². The average Bonchev–Trinajstić information content (AvgIpc) is 3.07. The first-order chi connectivity index (χ1) is 12.9. The van der Waals surface area contributed by atoms with Gasteiger partial charge in [-0.2, -0.15) is 14.9 Å². The molecule has 8 nitrogen and oxygen atoms in total. The zero-order valence-corrected chi connectivity index (χ0v) is 15.8. The Labute approximate surface area is 160 Å². The minimum Gasteiger partial charge on any atom is -0.465 e. The molecule has 9 heteroatoms. The Morgan fingerprint density at radius 2 is 2.00 bits per heavy atom. The summed E-state index contributed by atoms with van der Waals surface area (Å²) < 4.78 is 7.56. The maximum Gasteiger partial charge on any atom is 0.340 e. The number of methoxy groups -OCH3 is 1. The number of carbonyl (C=O) groups is 1. The van der Waals surface area contributed by atoms with E-state index in [1.807, 2.05) is 25.2 Å². The van der Waals surface area contributed by atoms with E-state index in [1.54, 1.807) is 35.1 Å². The van der Waals surface area contributed by atoms with E-state index in [0.717, 1.165) is 10.2 Å². The number of aromatic nitrogens is 4. The topological polar surface area (TPSA) is 82.2 Å². The van der Waals surface area contributed by atoms with Crippen molar-refractivity contribution in [3.63, 3.8) is 0 Å². The second-order valence-electron chi connectivity index (χ2n) is 5.95. The van der Waals surface area contributed by atoms with Crippen LogP contribution in [0.15, 0.2) is 47.7 Å². The van der Waals surface area contributed by atoms with Crippen LogP contribution in [0.25, 0.3) is 5.69 Å². The molecule has 0 unspecified atom stereocenters. The van der Waals surface area contributed by atoms with Crippen molar-refractivity contribution in [1.29, 1.82) is 0 Å². The number of ether oxygens (including phenoxy) is 1. The predicted octanol–water partition coefficient (Wildman–Crippen LogP) is 2.04.